The first-order valence-corrected chi connectivity index (χ1v) is 11.9. The molecule has 0 bridgehead atoms. The number of aliphatic hydroxyl groups excluding tert-OH is 1. The van der Waals surface area contributed by atoms with Gasteiger partial charge in [-0.15, -0.1) is 0 Å². The Morgan fingerprint density at radius 1 is 1.33 bits per heavy atom. The molecular weight excluding hydrogens is 507 g/mol. The van der Waals surface area contributed by atoms with E-state index in [0.717, 1.165) is 0 Å². The third-order valence-electron chi connectivity index (χ3n) is 2.87. The third-order valence-corrected chi connectivity index (χ3v) is 6.79. The first kappa shape index (κ1) is 21.1. The lowest BCUT2D eigenvalue weighted by Crippen LogP contribution is -2.36. The van der Waals surface area contributed by atoms with E-state index < -0.39 is 70.9 Å². The Labute approximate surface area is 173 Å². The average molecular weight is 524 g/mol. The average Bonchev–Trinajstić information content (AvgIpc) is 2.77. The Morgan fingerprint density at radius 2 is 1.93 bits per heavy atom. The molecule has 0 amide bonds. The number of aliphatic hydroxyl groups is 1. The normalized spacial score (nSPS) is 33.2. The standard InChI is InChI=1S/C9H13ClFN2O14P3/c10-4-2-13(8(16)12-6(4)15)7-5(14)1-9(11,25-7)3-24-29(20,21)27-30(22,23)26-28(17,18)19/h2,5,7,14H,1,3H2,(H,20,21)(H,22,23)(H,12,15,16)(H2,17,18,19)/t5-,7-,9+/m1/s1/i3D2,7D. The Hall–Kier alpha value is -0.770. The van der Waals surface area contributed by atoms with Gasteiger partial charge in [0.2, 0.25) is 5.85 Å². The monoisotopic (exact) mass is 523 g/mol. The highest BCUT2D eigenvalue weighted by Gasteiger charge is 2.50. The van der Waals surface area contributed by atoms with Gasteiger partial charge in [0, 0.05) is 12.6 Å². The molecule has 5 atom stereocenters. The van der Waals surface area contributed by atoms with Crippen LogP contribution in [0.25, 0.3) is 0 Å². The van der Waals surface area contributed by atoms with Gasteiger partial charge < -0.3 is 29.4 Å². The van der Waals surface area contributed by atoms with Crippen LogP contribution < -0.4 is 11.2 Å². The number of hydrogen-bond acceptors (Lipinski definition) is 10. The molecule has 1 aromatic heterocycles. The lowest BCUT2D eigenvalue weighted by atomic mass is 10.2. The van der Waals surface area contributed by atoms with Gasteiger partial charge in [0.25, 0.3) is 5.56 Å². The van der Waals surface area contributed by atoms with Crippen molar-refractivity contribution in [2.45, 2.75) is 24.6 Å². The van der Waals surface area contributed by atoms with Crippen molar-refractivity contribution in [1.29, 1.82) is 0 Å². The number of ether oxygens (including phenoxy) is 1. The highest BCUT2D eigenvalue weighted by molar-refractivity contribution is 7.66. The Balaban J connectivity index is 2.36. The van der Waals surface area contributed by atoms with Crippen LogP contribution >= 0.6 is 35.1 Å². The molecule has 30 heavy (non-hydrogen) atoms. The number of alkyl halides is 1. The molecule has 0 saturated carbocycles. The topological polar surface area (TPSA) is 244 Å². The second-order valence-electron chi connectivity index (χ2n) is 5.28. The summed E-state index contributed by atoms with van der Waals surface area (Å²) < 4.78 is 87.2. The maximum Gasteiger partial charge on any atom is 0.490 e. The summed E-state index contributed by atoms with van der Waals surface area (Å²) in [4.78, 5) is 60.3. The lowest BCUT2D eigenvalue weighted by Gasteiger charge is -2.22. The summed E-state index contributed by atoms with van der Waals surface area (Å²) in [7, 11) is -18.1. The van der Waals surface area contributed by atoms with Crippen LogP contribution in [-0.2, 0) is 31.6 Å². The molecule has 2 rings (SSSR count). The van der Waals surface area contributed by atoms with Gasteiger partial charge in [-0.2, -0.15) is 8.62 Å². The van der Waals surface area contributed by atoms with Crippen LogP contribution in [0.2, 0.25) is 5.02 Å². The van der Waals surface area contributed by atoms with E-state index in [1.165, 1.54) is 0 Å². The number of rotatable bonds is 8. The van der Waals surface area contributed by atoms with E-state index in [1.807, 2.05) is 0 Å². The zero-order chi connectivity index (χ0) is 25.8. The van der Waals surface area contributed by atoms with Crippen LogP contribution in [0.1, 0.15) is 16.7 Å². The maximum atomic E-state index is 15.3. The molecule has 172 valence electrons. The van der Waals surface area contributed by atoms with Crippen LogP contribution in [0.15, 0.2) is 15.8 Å². The highest BCUT2D eigenvalue weighted by atomic mass is 35.5. The number of halogens is 2. The largest absolute Gasteiger partial charge is 0.490 e. The molecule has 16 nitrogen and oxygen atoms in total. The minimum Gasteiger partial charge on any atom is -0.388 e. The quantitative estimate of drug-likeness (QED) is 0.235. The van der Waals surface area contributed by atoms with Crippen molar-refractivity contribution in [3.63, 3.8) is 0 Å². The Kier molecular flexibility index (Phi) is 6.07. The molecule has 6 N–H and O–H groups in total. The number of aromatic nitrogens is 2. The van der Waals surface area contributed by atoms with Gasteiger partial charge in [0.05, 0.1) is 4.11 Å². The first-order valence-electron chi connectivity index (χ1n) is 8.46. The van der Waals surface area contributed by atoms with Crippen LogP contribution in [-0.4, -0.2) is 52.7 Å². The molecule has 1 aliphatic rings. The smallest absolute Gasteiger partial charge is 0.388 e. The second kappa shape index (κ2) is 8.64. The zero-order valence-electron chi connectivity index (χ0n) is 16.8. The summed E-state index contributed by atoms with van der Waals surface area (Å²) >= 11 is 5.51. The summed E-state index contributed by atoms with van der Waals surface area (Å²) in [5, 5.41) is 9.34. The van der Waals surface area contributed by atoms with Gasteiger partial charge in [-0.1, -0.05) is 11.6 Å². The number of nitrogens with one attached hydrogen (secondary N) is 1. The molecular formula is C9H13ClFN2O14P3. The third kappa shape index (κ3) is 6.87. The van der Waals surface area contributed by atoms with Gasteiger partial charge in [-0.05, 0) is 0 Å². The summed E-state index contributed by atoms with van der Waals surface area (Å²) in [5.74, 6) is -4.05. The Morgan fingerprint density at radius 3 is 2.50 bits per heavy atom. The van der Waals surface area contributed by atoms with Crippen molar-refractivity contribution in [2.75, 3.05) is 6.56 Å². The van der Waals surface area contributed by atoms with Crippen molar-refractivity contribution in [2.24, 2.45) is 0 Å². The minimum absolute atomic E-state index is 0.0592. The van der Waals surface area contributed by atoms with E-state index in [0.29, 0.717) is 6.20 Å². The fourth-order valence-electron chi connectivity index (χ4n) is 1.92. The van der Waals surface area contributed by atoms with Crippen molar-refractivity contribution < 1.29 is 64.8 Å². The van der Waals surface area contributed by atoms with Crippen LogP contribution in [0.3, 0.4) is 0 Å². The van der Waals surface area contributed by atoms with Crippen molar-refractivity contribution in [3.05, 3.63) is 32.1 Å². The number of phosphoric acid groups is 3. The lowest BCUT2D eigenvalue weighted by molar-refractivity contribution is -0.178. The molecule has 1 aromatic rings. The highest BCUT2D eigenvalue weighted by Crippen LogP contribution is 2.66. The Bertz CT molecular complexity index is 1210. The van der Waals surface area contributed by atoms with Crippen molar-refractivity contribution in [1.82, 2.24) is 9.55 Å². The van der Waals surface area contributed by atoms with Gasteiger partial charge in [-0.25, -0.2) is 22.9 Å². The molecule has 0 spiro atoms. The van der Waals surface area contributed by atoms with Crippen molar-refractivity contribution >= 4 is 35.1 Å². The minimum atomic E-state index is -6.23. The summed E-state index contributed by atoms with van der Waals surface area (Å²) in [6.45, 7) is -4.21. The molecule has 0 aliphatic carbocycles. The van der Waals surface area contributed by atoms with Gasteiger partial charge in [0.15, 0.2) is 6.20 Å². The fraction of sp³-hybridized carbons (Fsp3) is 0.556. The fourth-order valence-corrected chi connectivity index (χ4v) is 4.95. The number of hydrogen-bond donors (Lipinski definition) is 6. The van der Waals surface area contributed by atoms with E-state index in [1.54, 1.807) is 4.98 Å². The van der Waals surface area contributed by atoms with E-state index in [-0.39, 0.29) is 4.57 Å². The van der Waals surface area contributed by atoms with Gasteiger partial charge in [-0.3, -0.25) is 18.9 Å². The number of nitrogens with zero attached hydrogens (tertiary/aromatic N) is 1. The predicted molar refractivity (Wildman–Crippen MR) is 90.7 cm³/mol. The van der Waals surface area contributed by atoms with Gasteiger partial charge >= 0.3 is 29.2 Å². The first-order chi connectivity index (χ1) is 14.5. The molecule has 1 aliphatic heterocycles. The molecule has 0 radical (unpaired) electrons. The SMILES string of the molecule is [2H]C([2H])(OP(=O)(O)OP(=O)(O)OP(=O)(O)O)[C@]1(F)C[C@@H](O)[C@]([2H])(n2cc(Cl)c(=O)[nH]c2=O)O1. The van der Waals surface area contributed by atoms with Crippen molar-refractivity contribution in [3.8, 4) is 0 Å². The molecule has 2 unspecified atom stereocenters. The molecule has 1 saturated heterocycles. The van der Waals surface area contributed by atoms with Crippen LogP contribution in [0.5, 0.6) is 0 Å². The molecule has 2 heterocycles. The summed E-state index contributed by atoms with van der Waals surface area (Å²) in [6, 6.07) is 0. The van der Waals surface area contributed by atoms with Gasteiger partial charge in [0.1, 0.15) is 17.7 Å². The zero-order valence-corrected chi connectivity index (χ0v) is 17.3. The summed E-state index contributed by atoms with van der Waals surface area (Å²) in [6.07, 6.45) is -6.76. The van der Waals surface area contributed by atoms with E-state index in [4.69, 9.17) is 30.4 Å². The van der Waals surface area contributed by atoms with Crippen LogP contribution in [0, 0.1) is 0 Å². The predicted octanol–water partition coefficient (Wildman–Crippen LogP) is -0.521. The van der Waals surface area contributed by atoms with Crippen LogP contribution in [0.4, 0.5) is 4.39 Å². The summed E-state index contributed by atoms with van der Waals surface area (Å²) in [5.41, 5.74) is -2.60. The number of H-pyrrole nitrogens is 1. The van der Waals surface area contributed by atoms with E-state index >= 15 is 4.39 Å². The second-order valence-corrected chi connectivity index (χ2v) is 10.0. The van der Waals surface area contributed by atoms with E-state index in [2.05, 4.69) is 17.9 Å². The molecule has 1 fully saturated rings. The van der Waals surface area contributed by atoms with E-state index in [9.17, 15) is 33.3 Å². The molecule has 21 heteroatoms. The molecule has 0 aromatic carbocycles. The number of aromatic amines is 1. The number of phosphoric ester groups is 1. The maximum absolute atomic E-state index is 15.3.